The minimum atomic E-state index is 0.0889. The molecule has 1 N–H and O–H groups in total. The molecule has 0 aromatic heterocycles. The molecule has 136 valence electrons. The normalized spacial score (nSPS) is 21.3. The van der Waals surface area contributed by atoms with Crippen molar-refractivity contribution in [2.75, 3.05) is 26.3 Å². The van der Waals surface area contributed by atoms with E-state index in [4.69, 9.17) is 4.74 Å². The van der Waals surface area contributed by atoms with Gasteiger partial charge in [0.05, 0.1) is 0 Å². The highest BCUT2D eigenvalue weighted by Crippen LogP contribution is 2.19. The molecule has 2 amide bonds. The van der Waals surface area contributed by atoms with Crippen molar-refractivity contribution in [1.29, 1.82) is 0 Å². The van der Waals surface area contributed by atoms with E-state index < -0.39 is 0 Å². The molecule has 1 atom stereocenters. The summed E-state index contributed by atoms with van der Waals surface area (Å²) in [6.45, 7) is 5.05. The van der Waals surface area contributed by atoms with Gasteiger partial charge in [0, 0.05) is 44.3 Å². The van der Waals surface area contributed by atoms with E-state index in [9.17, 15) is 9.59 Å². The Hall–Kier alpha value is -1.88. The zero-order valence-electron chi connectivity index (χ0n) is 15.0. The molecular weight excluding hydrogens is 316 g/mol. The number of carbonyl (C=O) groups excluding carboxylic acids is 2. The number of carbonyl (C=O) groups is 2. The fraction of sp³-hybridized carbons (Fsp3) is 0.600. The van der Waals surface area contributed by atoms with Gasteiger partial charge in [0.2, 0.25) is 5.91 Å². The predicted molar refractivity (Wildman–Crippen MR) is 96.4 cm³/mol. The Labute approximate surface area is 149 Å². The molecule has 0 spiro atoms. The second-order valence-corrected chi connectivity index (χ2v) is 7.27. The van der Waals surface area contributed by atoms with Crippen molar-refractivity contribution in [3.05, 3.63) is 35.4 Å². The van der Waals surface area contributed by atoms with E-state index in [1.54, 1.807) is 0 Å². The lowest BCUT2D eigenvalue weighted by Gasteiger charge is -2.32. The van der Waals surface area contributed by atoms with Gasteiger partial charge in [-0.3, -0.25) is 9.59 Å². The summed E-state index contributed by atoms with van der Waals surface area (Å²) < 4.78 is 5.35. The minimum Gasteiger partial charge on any atom is -0.381 e. The Kier molecular flexibility index (Phi) is 6.08. The Morgan fingerprint density at radius 2 is 1.88 bits per heavy atom. The molecule has 5 nitrogen and oxygen atoms in total. The third kappa shape index (κ3) is 5.05. The van der Waals surface area contributed by atoms with Gasteiger partial charge in [0.1, 0.15) is 0 Å². The van der Waals surface area contributed by atoms with Gasteiger partial charge in [-0.25, -0.2) is 0 Å². The fourth-order valence-corrected chi connectivity index (χ4v) is 3.55. The van der Waals surface area contributed by atoms with Crippen LogP contribution in [0.25, 0.3) is 0 Å². The van der Waals surface area contributed by atoms with Crippen LogP contribution in [0, 0.1) is 12.8 Å². The summed E-state index contributed by atoms with van der Waals surface area (Å²) in [5, 5.41) is 3.13. The van der Waals surface area contributed by atoms with Crippen LogP contribution >= 0.6 is 0 Å². The lowest BCUT2D eigenvalue weighted by atomic mass is 10.0. The number of nitrogens with one attached hydrogen (secondary N) is 1. The van der Waals surface area contributed by atoms with Crippen LogP contribution in [0.3, 0.4) is 0 Å². The molecule has 1 aromatic rings. The van der Waals surface area contributed by atoms with E-state index >= 15 is 0 Å². The maximum absolute atomic E-state index is 12.5. The summed E-state index contributed by atoms with van der Waals surface area (Å²) in [4.78, 5) is 26.5. The molecule has 3 rings (SSSR count). The number of likely N-dealkylation sites (tertiary alicyclic amines) is 1. The van der Waals surface area contributed by atoms with Gasteiger partial charge in [-0.2, -0.15) is 0 Å². The maximum Gasteiger partial charge on any atom is 0.253 e. The van der Waals surface area contributed by atoms with Gasteiger partial charge in [-0.05, 0) is 50.7 Å². The van der Waals surface area contributed by atoms with Gasteiger partial charge < -0.3 is 15.0 Å². The number of ether oxygens (including phenoxy) is 1. The molecule has 0 bridgehead atoms. The molecule has 0 aliphatic carbocycles. The van der Waals surface area contributed by atoms with Crippen molar-refractivity contribution < 1.29 is 14.3 Å². The first-order valence-corrected chi connectivity index (χ1v) is 9.35. The van der Waals surface area contributed by atoms with Gasteiger partial charge in [-0.15, -0.1) is 0 Å². The average molecular weight is 344 g/mol. The van der Waals surface area contributed by atoms with Gasteiger partial charge in [-0.1, -0.05) is 17.7 Å². The summed E-state index contributed by atoms with van der Waals surface area (Å²) in [7, 11) is 0. The Morgan fingerprint density at radius 1 is 1.16 bits per heavy atom. The number of amides is 2. The van der Waals surface area contributed by atoms with Crippen LogP contribution in [0.15, 0.2) is 24.3 Å². The molecule has 0 radical (unpaired) electrons. The summed E-state index contributed by atoms with van der Waals surface area (Å²) in [5.74, 6) is 0.765. The highest BCUT2D eigenvalue weighted by atomic mass is 16.5. The smallest absolute Gasteiger partial charge is 0.253 e. The van der Waals surface area contributed by atoms with Crippen LogP contribution < -0.4 is 5.32 Å². The van der Waals surface area contributed by atoms with Crippen molar-refractivity contribution in [3.63, 3.8) is 0 Å². The van der Waals surface area contributed by atoms with Crippen molar-refractivity contribution in [1.82, 2.24) is 10.2 Å². The number of nitrogens with zero attached hydrogens (tertiary/aromatic N) is 1. The fourth-order valence-electron chi connectivity index (χ4n) is 3.55. The van der Waals surface area contributed by atoms with Crippen molar-refractivity contribution in [2.45, 2.75) is 45.1 Å². The van der Waals surface area contributed by atoms with Crippen LogP contribution in [-0.2, 0) is 9.53 Å². The Bertz CT molecular complexity index is 585. The van der Waals surface area contributed by atoms with E-state index in [-0.39, 0.29) is 17.9 Å². The molecule has 2 heterocycles. The summed E-state index contributed by atoms with van der Waals surface area (Å²) >= 11 is 0. The van der Waals surface area contributed by atoms with Crippen molar-refractivity contribution in [2.24, 2.45) is 5.92 Å². The van der Waals surface area contributed by atoms with E-state index in [0.717, 1.165) is 50.0 Å². The SMILES string of the molecule is Cc1ccc(C(=O)N2CCC(NC(=O)CCC3CCOC3)CC2)cc1. The Morgan fingerprint density at radius 3 is 2.52 bits per heavy atom. The van der Waals surface area contributed by atoms with Crippen LogP contribution in [0.1, 0.15) is 48.0 Å². The van der Waals surface area contributed by atoms with E-state index in [1.807, 2.05) is 36.1 Å². The highest BCUT2D eigenvalue weighted by molar-refractivity contribution is 5.94. The Balaban J connectivity index is 1.39. The zero-order chi connectivity index (χ0) is 17.6. The standard InChI is InChI=1S/C20H28N2O3/c1-15-2-5-17(6-3-15)20(24)22-11-8-18(9-12-22)21-19(23)7-4-16-10-13-25-14-16/h2-3,5-6,16,18H,4,7-14H2,1H3,(H,21,23). The molecule has 0 saturated carbocycles. The predicted octanol–water partition coefficient (Wildman–Crippen LogP) is 2.53. The molecular formula is C20H28N2O3. The number of hydrogen-bond acceptors (Lipinski definition) is 3. The topological polar surface area (TPSA) is 58.6 Å². The van der Waals surface area contributed by atoms with Crippen LogP contribution in [0.4, 0.5) is 0 Å². The highest BCUT2D eigenvalue weighted by Gasteiger charge is 2.25. The third-order valence-electron chi connectivity index (χ3n) is 5.25. The molecule has 25 heavy (non-hydrogen) atoms. The summed E-state index contributed by atoms with van der Waals surface area (Å²) in [5.41, 5.74) is 1.90. The maximum atomic E-state index is 12.5. The molecule has 5 heteroatoms. The molecule has 1 aromatic carbocycles. The number of benzene rings is 1. The van der Waals surface area contributed by atoms with E-state index in [1.165, 1.54) is 0 Å². The molecule has 2 fully saturated rings. The summed E-state index contributed by atoms with van der Waals surface area (Å²) in [6.07, 6.45) is 4.23. The third-order valence-corrected chi connectivity index (χ3v) is 5.25. The number of piperidine rings is 1. The second-order valence-electron chi connectivity index (χ2n) is 7.27. The molecule has 2 saturated heterocycles. The number of hydrogen-bond donors (Lipinski definition) is 1. The largest absolute Gasteiger partial charge is 0.381 e. The van der Waals surface area contributed by atoms with Crippen molar-refractivity contribution >= 4 is 11.8 Å². The monoisotopic (exact) mass is 344 g/mol. The lowest BCUT2D eigenvalue weighted by molar-refractivity contribution is -0.122. The number of aryl methyl sites for hydroxylation is 1. The average Bonchev–Trinajstić information content (AvgIpc) is 3.14. The van der Waals surface area contributed by atoms with Crippen LogP contribution in [-0.4, -0.2) is 49.1 Å². The number of rotatable bonds is 5. The van der Waals surface area contributed by atoms with Crippen LogP contribution in [0.2, 0.25) is 0 Å². The first-order valence-electron chi connectivity index (χ1n) is 9.35. The first kappa shape index (κ1) is 17.9. The minimum absolute atomic E-state index is 0.0889. The first-order chi connectivity index (χ1) is 12.1. The van der Waals surface area contributed by atoms with Gasteiger partial charge in [0.25, 0.3) is 5.91 Å². The van der Waals surface area contributed by atoms with Crippen molar-refractivity contribution in [3.8, 4) is 0 Å². The lowest BCUT2D eigenvalue weighted by Crippen LogP contribution is -2.46. The van der Waals surface area contributed by atoms with E-state index in [2.05, 4.69) is 5.32 Å². The summed E-state index contributed by atoms with van der Waals surface area (Å²) in [6, 6.07) is 7.90. The second kappa shape index (κ2) is 8.48. The molecule has 2 aliphatic heterocycles. The molecule has 2 aliphatic rings. The quantitative estimate of drug-likeness (QED) is 0.893. The molecule has 1 unspecified atom stereocenters. The van der Waals surface area contributed by atoms with Gasteiger partial charge in [0.15, 0.2) is 0 Å². The zero-order valence-corrected chi connectivity index (χ0v) is 15.0. The van der Waals surface area contributed by atoms with E-state index in [0.29, 0.717) is 25.4 Å². The van der Waals surface area contributed by atoms with Gasteiger partial charge >= 0.3 is 0 Å². The van der Waals surface area contributed by atoms with Crippen LogP contribution in [0.5, 0.6) is 0 Å².